The van der Waals surface area contributed by atoms with Gasteiger partial charge in [-0.25, -0.2) is 14.0 Å². The number of rotatable bonds is 9. The standard InChI is InChI=1S/C31H29FN2O8/c1-39-24-6-4-3-5-23(24)34(29(36)22-11-12-25-28(40-2)27(22)42-31(38)30(37)41-25)18-17-33-15-13-20(14-16-33)26(35)19-7-9-21(32)10-8-19/h3-12,20H,13-18H2,1-2H3. The molecule has 3 aromatic rings. The number of ketones is 1. The van der Waals surface area contributed by atoms with Gasteiger partial charge >= 0.3 is 11.9 Å². The number of nitrogens with zero attached hydrogens (tertiary/aromatic N) is 2. The van der Waals surface area contributed by atoms with E-state index in [1.54, 1.807) is 24.3 Å². The quantitative estimate of drug-likeness (QED) is 0.162. The van der Waals surface area contributed by atoms with Crippen LogP contribution in [0.3, 0.4) is 0 Å². The lowest BCUT2D eigenvalue weighted by atomic mass is 9.89. The van der Waals surface area contributed by atoms with Crippen molar-refractivity contribution in [1.82, 2.24) is 4.90 Å². The molecule has 2 aliphatic heterocycles. The Morgan fingerprint density at radius 1 is 0.929 bits per heavy atom. The van der Waals surface area contributed by atoms with Crippen molar-refractivity contribution in [2.45, 2.75) is 12.8 Å². The fourth-order valence-electron chi connectivity index (χ4n) is 5.20. The van der Waals surface area contributed by atoms with Crippen LogP contribution >= 0.6 is 0 Å². The summed E-state index contributed by atoms with van der Waals surface area (Å²) in [5, 5.41) is 0. The Labute approximate surface area is 241 Å². The molecule has 0 N–H and O–H groups in total. The molecule has 0 aromatic heterocycles. The number of anilines is 1. The maximum absolute atomic E-state index is 14.1. The summed E-state index contributed by atoms with van der Waals surface area (Å²) in [7, 11) is 2.81. The van der Waals surface area contributed by atoms with Gasteiger partial charge in [-0.15, -0.1) is 0 Å². The van der Waals surface area contributed by atoms with Crippen LogP contribution in [0.15, 0.2) is 60.7 Å². The van der Waals surface area contributed by atoms with Gasteiger partial charge in [-0.2, -0.15) is 0 Å². The Bertz CT molecular complexity index is 1520. The maximum Gasteiger partial charge on any atom is 0.423 e. The average Bonchev–Trinajstić information content (AvgIpc) is 3.08. The summed E-state index contributed by atoms with van der Waals surface area (Å²) in [5.41, 5.74) is 0.988. The van der Waals surface area contributed by atoms with Gasteiger partial charge in [-0.1, -0.05) is 12.1 Å². The number of para-hydroxylation sites is 2. The summed E-state index contributed by atoms with van der Waals surface area (Å²) in [6.07, 6.45) is 1.26. The summed E-state index contributed by atoms with van der Waals surface area (Å²) >= 11 is 0. The predicted molar refractivity (Wildman–Crippen MR) is 149 cm³/mol. The van der Waals surface area contributed by atoms with Crippen LogP contribution in [0, 0.1) is 11.7 Å². The van der Waals surface area contributed by atoms with Crippen molar-refractivity contribution < 1.29 is 42.5 Å². The average molecular weight is 577 g/mol. The molecule has 1 saturated heterocycles. The smallest absolute Gasteiger partial charge is 0.423 e. The normalized spacial score (nSPS) is 15.3. The number of Topliss-reactive ketones (excluding diaryl/α,β-unsaturated/α-hetero) is 1. The molecular formula is C31H29FN2O8. The van der Waals surface area contributed by atoms with Crippen LogP contribution in [0.5, 0.6) is 23.0 Å². The van der Waals surface area contributed by atoms with Gasteiger partial charge in [0.25, 0.3) is 5.91 Å². The van der Waals surface area contributed by atoms with Gasteiger partial charge in [0.05, 0.1) is 25.5 Å². The molecule has 42 heavy (non-hydrogen) atoms. The third kappa shape index (κ3) is 5.82. The number of piperidine rings is 1. The zero-order valence-electron chi connectivity index (χ0n) is 23.1. The number of benzene rings is 3. The first-order chi connectivity index (χ1) is 20.3. The Kier molecular flexibility index (Phi) is 8.48. The van der Waals surface area contributed by atoms with E-state index in [2.05, 4.69) is 4.90 Å². The van der Waals surface area contributed by atoms with Crippen molar-refractivity contribution >= 4 is 29.3 Å². The lowest BCUT2D eigenvalue weighted by molar-refractivity contribution is -0.155. The Morgan fingerprint density at radius 2 is 1.62 bits per heavy atom. The van der Waals surface area contributed by atoms with E-state index in [1.807, 2.05) is 0 Å². The second-order valence-electron chi connectivity index (χ2n) is 9.87. The van der Waals surface area contributed by atoms with E-state index in [9.17, 15) is 23.6 Å². The van der Waals surface area contributed by atoms with Crippen LogP contribution in [-0.2, 0) is 9.59 Å². The molecule has 2 bridgehead atoms. The second-order valence-corrected chi connectivity index (χ2v) is 9.87. The van der Waals surface area contributed by atoms with Crippen LogP contribution in [-0.4, -0.2) is 68.9 Å². The van der Waals surface area contributed by atoms with E-state index in [0.29, 0.717) is 49.5 Å². The summed E-state index contributed by atoms with van der Waals surface area (Å²) in [6.45, 7) is 1.99. The van der Waals surface area contributed by atoms with Gasteiger partial charge in [0.2, 0.25) is 5.75 Å². The number of carbonyl (C=O) groups is 4. The molecule has 1 fully saturated rings. The number of esters is 2. The summed E-state index contributed by atoms with van der Waals surface area (Å²) in [4.78, 5) is 54.9. The first kappa shape index (κ1) is 28.7. The van der Waals surface area contributed by atoms with E-state index in [0.717, 1.165) is 0 Å². The minimum absolute atomic E-state index is 0.000216. The van der Waals surface area contributed by atoms with E-state index < -0.39 is 17.8 Å². The lowest BCUT2D eigenvalue weighted by Crippen LogP contribution is -2.43. The highest BCUT2D eigenvalue weighted by molar-refractivity contribution is 6.31. The minimum atomic E-state index is -1.27. The van der Waals surface area contributed by atoms with Gasteiger partial charge in [-0.05, 0) is 74.5 Å². The van der Waals surface area contributed by atoms with Gasteiger partial charge < -0.3 is 28.7 Å². The van der Waals surface area contributed by atoms with Crippen molar-refractivity contribution in [3.63, 3.8) is 0 Å². The highest BCUT2D eigenvalue weighted by atomic mass is 19.1. The molecule has 10 nitrogen and oxygen atoms in total. The van der Waals surface area contributed by atoms with Crippen LogP contribution in [0.4, 0.5) is 10.1 Å². The van der Waals surface area contributed by atoms with Crippen molar-refractivity contribution in [2.75, 3.05) is 45.3 Å². The molecule has 0 radical (unpaired) electrons. The Balaban J connectivity index is 1.36. The second kappa shape index (κ2) is 12.4. The molecule has 0 aliphatic carbocycles. The predicted octanol–water partition coefficient (Wildman–Crippen LogP) is 3.91. The molecule has 0 saturated carbocycles. The number of hydrogen-bond donors (Lipinski definition) is 0. The number of carbonyl (C=O) groups excluding carboxylic acids is 4. The van der Waals surface area contributed by atoms with E-state index in [-0.39, 0.29) is 46.9 Å². The Morgan fingerprint density at radius 3 is 2.31 bits per heavy atom. The first-order valence-electron chi connectivity index (χ1n) is 13.4. The molecule has 218 valence electrons. The fourth-order valence-corrected chi connectivity index (χ4v) is 5.20. The molecule has 5 rings (SSSR count). The molecule has 0 spiro atoms. The van der Waals surface area contributed by atoms with Crippen LogP contribution in [0.2, 0.25) is 0 Å². The monoisotopic (exact) mass is 576 g/mol. The van der Waals surface area contributed by atoms with Crippen molar-refractivity contribution in [2.24, 2.45) is 5.92 Å². The topological polar surface area (TPSA) is 112 Å². The number of fused-ring (bicyclic) bond motifs is 2. The number of ether oxygens (including phenoxy) is 4. The molecule has 2 aliphatic rings. The maximum atomic E-state index is 14.1. The number of amides is 1. The molecule has 3 aromatic carbocycles. The van der Waals surface area contributed by atoms with E-state index in [1.165, 1.54) is 55.5 Å². The van der Waals surface area contributed by atoms with Crippen LogP contribution in [0.1, 0.15) is 33.6 Å². The highest BCUT2D eigenvalue weighted by Crippen LogP contribution is 2.43. The number of likely N-dealkylation sites (tertiary alicyclic amines) is 1. The zero-order valence-corrected chi connectivity index (χ0v) is 23.1. The van der Waals surface area contributed by atoms with E-state index >= 15 is 0 Å². The third-order valence-electron chi connectivity index (χ3n) is 7.42. The van der Waals surface area contributed by atoms with Gasteiger partial charge in [0.15, 0.2) is 17.3 Å². The first-order valence-corrected chi connectivity index (χ1v) is 13.4. The zero-order chi connectivity index (χ0) is 29.8. The van der Waals surface area contributed by atoms with Crippen LogP contribution in [0.25, 0.3) is 0 Å². The minimum Gasteiger partial charge on any atom is -0.495 e. The SMILES string of the molecule is COc1ccccc1N(CCN1CCC(C(=O)c2ccc(F)cc2)CC1)C(=O)c1ccc2c(OC)c1OC(=O)C(=O)O2. The highest BCUT2D eigenvalue weighted by Gasteiger charge is 2.35. The number of halogens is 1. The largest absolute Gasteiger partial charge is 0.495 e. The van der Waals surface area contributed by atoms with Crippen molar-refractivity contribution in [1.29, 1.82) is 0 Å². The lowest BCUT2D eigenvalue weighted by Gasteiger charge is -2.33. The molecule has 0 unspecified atom stereocenters. The summed E-state index contributed by atoms with van der Waals surface area (Å²) in [6, 6.07) is 15.4. The molecular weight excluding hydrogens is 547 g/mol. The fraction of sp³-hybridized carbons (Fsp3) is 0.290. The third-order valence-corrected chi connectivity index (χ3v) is 7.42. The molecule has 1 amide bonds. The van der Waals surface area contributed by atoms with Crippen molar-refractivity contribution in [3.05, 3.63) is 77.6 Å². The summed E-state index contributed by atoms with van der Waals surface area (Å²) in [5.74, 6) is -3.40. The van der Waals surface area contributed by atoms with E-state index in [4.69, 9.17) is 18.9 Å². The number of hydrogen-bond acceptors (Lipinski definition) is 9. The molecule has 2 heterocycles. The number of methoxy groups -OCH3 is 2. The molecule has 11 heteroatoms. The van der Waals surface area contributed by atoms with Gasteiger partial charge in [0.1, 0.15) is 11.6 Å². The van der Waals surface area contributed by atoms with Gasteiger partial charge in [0, 0.05) is 24.6 Å². The molecule has 0 atom stereocenters. The van der Waals surface area contributed by atoms with Gasteiger partial charge in [-0.3, -0.25) is 9.59 Å². The van der Waals surface area contributed by atoms with Crippen molar-refractivity contribution in [3.8, 4) is 23.0 Å². The summed E-state index contributed by atoms with van der Waals surface area (Å²) < 4.78 is 34.4. The Hall–Kier alpha value is -4.77. The van der Waals surface area contributed by atoms with Crippen LogP contribution < -0.4 is 23.8 Å².